The summed E-state index contributed by atoms with van der Waals surface area (Å²) in [5, 5.41) is 5.39. The van der Waals surface area contributed by atoms with Crippen molar-refractivity contribution in [2.75, 3.05) is 6.79 Å². The van der Waals surface area contributed by atoms with Crippen LogP contribution < -0.4 is 14.8 Å². The van der Waals surface area contributed by atoms with E-state index in [1.165, 1.54) is 30.6 Å². The molecule has 4 rings (SSSR count). The third-order valence-corrected chi connectivity index (χ3v) is 6.07. The predicted molar refractivity (Wildman–Crippen MR) is 98.0 cm³/mol. The van der Waals surface area contributed by atoms with Crippen LogP contribution >= 0.6 is 11.3 Å². The van der Waals surface area contributed by atoms with Crippen LogP contribution in [0.5, 0.6) is 11.5 Å². The molecule has 1 amide bonds. The van der Waals surface area contributed by atoms with Crippen LogP contribution in [-0.2, 0) is 11.2 Å². The van der Waals surface area contributed by atoms with Gasteiger partial charge in [-0.15, -0.1) is 11.3 Å². The molecule has 0 spiro atoms. The number of rotatable bonds is 6. The van der Waals surface area contributed by atoms with Crippen molar-refractivity contribution < 1.29 is 14.3 Å². The summed E-state index contributed by atoms with van der Waals surface area (Å²) in [6.45, 7) is 0.281. The van der Waals surface area contributed by atoms with Gasteiger partial charge < -0.3 is 14.8 Å². The third-order valence-electron chi connectivity index (χ3n) is 5.12. The molecule has 0 saturated heterocycles. The van der Waals surface area contributed by atoms with Crippen molar-refractivity contribution in [1.29, 1.82) is 0 Å². The van der Waals surface area contributed by atoms with Crippen LogP contribution in [0.15, 0.2) is 35.7 Å². The topological polar surface area (TPSA) is 47.6 Å². The minimum atomic E-state index is 0.128. The summed E-state index contributed by atoms with van der Waals surface area (Å²) in [7, 11) is 0. The molecule has 1 saturated carbocycles. The summed E-state index contributed by atoms with van der Waals surface area (Å²) in [5.41, 5.74) is 1.10. The minimum Gasteiger partial charge on any atom is -0.454 e. The van der Waals surface area contributed by atoms with Crippen molar-refractivity contribution >= 4 is 17.2 Å². The Morgan fingerprint density at radius 3 is 2.84 bits per heavy atom. The van der Waals surface area contributed by atoms with Gasteiger partial charge in [-0.2, -0.15) is 0 Å². The maximum atomic E-state index is 12.6. The quantitative estimate of drug-likeness (QED) is 0.830. The van der Waals surface area contributed by atoms with E-state index in [1.807, 2.05) is 18.2 Å². The van der Waals surface area contributed by atoms with Crippen molar-refractivity contribution in [3.05, 3.63) is 46.2 Å². The molecular weight excluding hydrogens is 334 g/mol. The molecule has 0 bridgehead atoms. The summed E-state index contributed by atoms with van der Waals surface area (Å²) in [4.78, 5) is 13.8. The van der Waals surface area contributed by atoms with Gasteiger partial charge in [0, 0.05) is 11.3 Å². The van der Waals surface area contributed by atoms with Crippen LogP contribution in [0, 0.1) is 5.92 Å². The lowest BCUT2D eigenvalue weighted by atomic mass is 9.96. The lowest BCUT2D eigenvalue weighted by molar-refractivity contribution is -0.122. The van der Waals surface area contributed by atoms with Crippen molar-refractivity contribution in [2.45, 2.75) is 44.6 Å². The number of fused-ring (bicyclic) bond motifs is 1. The van der Waals surface area contributed by atoms with E-state index < -0.39 is 0 Å². The van der Waals surface area contributed by atoms with Gasteiger partial charge in [-0.3, -0.25) is 4.79 Å². The van der Waals surface area contributed by atoms with Crippen LogP contribution in [0.25, 0.3) is 0 Å². The molecule has 2 heterocycles. The van der Waals surface area contributed by atoms with Crippen LogP contribution in [0.1, 0.15) is 48.6 Å². The molecule has 4 nitrogen and oxygen atoms in total. The highest BCUT2D eigenvalue weighted by molar-refractivity contribution is 7.10. The van der Waals surface area contributed by atoms with Gasteiger partial charge in [0.15, 0.2) is 11.5 Å². The van der Waals surface area contributed by atoms with E-state index in [-0.39, 0.29) is 18.7 Å². The molecule has 1 fully saturated rings. The molecule has 1 aromatic carbocycles. The van der Waals surface area contributed by atoms with Gasteiger partial charge in [0.25, 0.3) is 0 Å². The summed E-state index contributed by atoms with van der Waals surface area (Å²) in [5.74, 6) is 2.27. The van der Waals surface area contributed by atoms with E-state index in [4.69, 9.17) is 9.47 Å². The standard InChI is InChI=1S/C20H23NO3S/c22-19(10-8-14-7-9-16-17(12-14)24-13-23-16)21-20(15-4-1-2-5-15)18-6-3-11-25-18/h3,6-7,9,11-12,15,20H,1-2,4-5,8,10,13H2,(H,21,22)/t20-/m0/s1. The average Bonchev–Trinajstić information content (AvgIpc) is 3.39. The lowest BCUT2D eigenvalue weighted by Gasteiger charge is -2.24. The van der Waals surface area contributed by atoms with E-state index in [0.717, 1.165) is 17.1 Å². The zero-order chi connectivity index (χ0) is 17.1. The Hall–Kier alpha value is -2.01. The third kappa shape index (κ3) is 3.82. The molecule has 1 N–H and O–H groups in total. The molecule has 1 aromatic heterocycles. The number of hydrogen-bond donors (Lipinski definition) is 1. The molecule has 2 aromatic rings. The Kier molecular flexibility index (Phi) is 4.92. The summed E-state index contributed by atoms with van der Waals surface area (Å²) >= 11 is 1.74. The van der Waals surface area contributed by atoms with E-state index in [2.05, 4.69) is 22.8 Å². The first-order valence-electron chi connectivity index (χ1n) is 9.01. The van der Waals surface area contributed by atoms with Crippen molar-refractivity contribution in [1.82, 2.24) is 5.32 Å². The Morgan fingerprint density at radius 1 is 1.20 bits per heavy atom. The highest BCUT2D eigenvalue weighted by Crippen LogP contribution is 2.37. The number of aryl methyl sites for hydroxylation is 1. The second-order valence-corrected chi connectivity index (χ2v) is 7.77. The van der Waals surface area contributed by atoms with Crippen molar-refractivity contribution in [2.24, 2.45) is 5.92 Å². The first-order chi connectivity index (χ1) is 12.3. The molecule has 1 atom stereocenters. The van der Waals surface area contributed by atoms with Gasteiger partial charge in [0.2, 0.25) is 12.7 Å². The summed E-state index contributed by atoms with van der Waals surface area (Å²) < 4.78 is 10.7. The van der Waals surface area contributed by atoms with E-state index in [9.17, 15) is 4.79 Å². The number of thiophene rings is 1. The Morgan fingerprint density at radius 2 is 2.04 bits per heavy atom. The van der Waals surface area contributed by atoms with Gasteiger partial charge in [-0.05, 0) is 54.3 Å². The van der Waals surface area contributed by atoms with Crippen LogP contribution in [0.4, 0.5) is 0 Å². The first kappa shape index (κ1) is 16.5. The van der Waals surface area contributed by atoms with E-state index >= 15 is 0 Å². The molecular formula is C20H23NO3S. The molecule has 0 unspecified atom stereocenters. The maximum Gasteiger partial charge on any atom is 0.231 e. The molecule has 132 valence electrons. The van der Waals surface area contributed by atoms with Crippen molar-refractivity contribution in [3.63, 3.8) is 0 Å². The number of carbonyl (C=O) groups is 1. The molecule has 5 heteroatoms. The van der Waals surface area contributed by atoms with Gasteiger partial charge in [-0.25, -0.2) is 0 Å². The number of nitrogens with one attached hydrogen (secondary N) is 1. The molecule has 0 radical (unpaired) electrons. The molecule has 2 aliphatic rings. The fourth-order valence-corrected chi connectivity index (χ4v) is 4.65. The zero-order valence-electron chi connectivity index (χ0n) is 14.2. The largest absolute Gasteiger partial charge is 0.454 e. The van der Waals surface area contributed by atoms with E-state index in [0.29, 0.717) is 18.8 Å². The SMILES string of the molecule is O=C(CCc1ccc2c(c1)OCO2)N[C@H](c1cccs1)C1CCCC1. The fraction of sp³-hybridized carbons (Fsp3) is 0.450. The van der Waals surface area contributed by atoms with Gasteiger partial charge in [0.05, 0.1) is 6.04 Å². The highest BCUT2D eigenvalue weighted by atomic mass is 32.1. The van der Waals surface area contributed by atoms with Gasteiger partial charge >= 0.3 is 0 Å². The average molecular weight is 357 g/mol. The first-order valence-corrected chi connectivity index (χ1v) is 9.89. The number of hydrogen-bond acceptors (Lipinski definition) is 4. The van der Waals surface area contributed by atoms with E-state index in [1.54, 1.807) is 11.3 Å². The van der Waals surface area contributed by atoms with Crippen LogP contribution in [0.3, 0.4) is 0 Å². The number of ether oxygens (including phenoxy) is 2. The summed E-state index contributed by atoms with van der Waals surface area (Å²) in [6.07, 6.45) is 6.19. The number of carbonyl (C=O) groups excluding carboxylic acids is 1. The maximum absolute atomic E-state index is 12.6. The smallest absolute Gasteiger partial charge is 0.231 e. The second-order valence-electron chi connectivity index (χ2n) is 6.79. The minimum absolute atomic E-state index is 0.128. The highest BCUT2D eigenvalue weighted by Gasteiger charge is 2.28. The number of amides is 1. The fourth-order valence-electron chi connectivity index (χ4n) is 3.78. The lowest BCUT2D eigenvalue weighted by Crippen LogP contribution is -2.32. The molecule has 1 aliphatic heterocycles. The molecule has 25 heavy (non-hydrogen) atoms. The van der Waals surface area contributed by atoms with Crippen LogP contribution in [0.2, 0.25) is 0 Å². The number of benzene rings is 1. The molecule has 1 aliphatic carbocycles. The Balaban J connectivity index is 1.36. The Bertz CT molecular complexity index is 723. The van der Waals surface area contributed by atoms with Crippen molar-refractivity contribution in [3.8, 4) is 11.5 Å². The monoisotopic (exact) mass is 357 g/mol. The Labute approximate surface area is 152 Å². The van der Waals surface area contributed by atoms with Gasteiger partial charge in [-0.1, -0.05) is 25.0 Å². The second kappa shape index (κ2) is 7.48. The zero-order valence-corrected chi connectivity index (χ0v) is 15.0. The van der Waals surface area contributed by atoms with Crippen LogP contribution in [-0.4, -0.2) is 12.7 Å². The van der Waals surface area contributed by atoms with Gasteiger partial charge in [0.1, 0.15) is 0 Å². The summed E-state index contributed by atoms with van der Waals surface area (Å²) in [6, 6.07) is 10.3. The predicted octanol–water partition coefficient (Wildman–Crippen LogP) is 4.46. The normalized spacial score (nSPS) is 17.6.